The number of aryl methyl sites for hydroxylation is 1. The maximum absolute atomic E-state index is 9.31. The van der Waals surface area contributed by atoms with E-state index >= 15 is 0 Å². The number of hydrogen-bond donors (Lipinski definition) is 2. The molecular weight excluding hydrogens is 370 g/mol. The average molecular weight is 395 g/mol. The molecule has 0 bridgehead atoms. The van der Waals surface area contributed by atoms with Crippen molar-refractivity contribution in [1.29, 1.82) is 0 Å². The number of benzene rings is 1. The Bertz CT molecular complexity index is 975. The molecule has 0 saturated carbocycles. The molecule has 0 fully saturated rings. The fourth-order valence-corrected chi connectivity index (χ4v) is 2.59. The van der Waals surface area contributed by atoms with Crippen LogP contribution < -0.4 is 4.74 Å². The Balaban J connectivity index is 1.60. The summed E-state index contributed by atoms with van der Waals surface area (Å²) in [5.74, 6) is 8.16. The van der Waals surface area contributed by atoms with Crippen LogP contribution in [-0.2, 0) is 13.0 Å². The molecule has 0 spiro atoms. The van der Waals surface area contributed by atoms with Gasteiger partial charge in [-0.3, -0.25) is 0 Å². The highest BCUT2D eigenvalue weighted by atomic mass is 16.5. The fourth-order valence-electron chi connectivity index (χ4n) is 2.59. The molecule has 29 heavy (non-hydrogen) atoms. The summed E-state index contributed by atoms with van der Waals surface area (Å²) in [4.78, 5) is 4.30. The minimum atomic E-state index is -0.670. The number of hydrogen-bond acceptors (Lipinski definition) is 6. The van der Waals surface area contributed by atoms with Crippen LogP contribution in [0.15, 0.2) is 47.2 Å². The van der Waals surface area contributed by atoms with E-state index in [2.05, 4.69) is 28.9 Å². The summed E-state index contributed by atoms with van der Waals surface area (Å²) < 4.78 is 13.0. The lowest BCUT2D eigenvalue weighted by Gasteiger charge is -2.24. The number of aliphatic hydroxyl groups is 2. The number of aliphatic hydroxyl groups excluding tert-OH is 2. The third-order valence-corrected chi connectivity index (χ3v) is 4.54. The van der Waals surface area contributed by atoms with Crippen LogP contribution in [0.4, 0.5) is 0 Å². The van der Waals surface area contributed by atoms with Gasteiger partial charge in [-0.1, -0.05) is 24.9 Å². The summed E-state index contributed by atoms with van der Waals surface area (Å²) in [6, 6.07) is 9.11. The van der Waals surface area contributed by atoms with Crippen molar-refractivity contribution in [2.24, 2.45) is 5.41 Å². The van der Waals surface area contributed by atoms with Gasteiger partial charge in [-0.05, 0) is 30.2 Å². The summed E-state index contributed by atoms with van der Waals surface area (Å²) in [6.07, 6.45) is 4.56. The van der Waals surface area contributed by atoms with E-state index in [0.717, 1.165) is 23.5 Å². The third-order valence-electron chi connectivity index (χ3n) is 4.54. The molecule has 0 aliphatic carbocycles. The normalized spacial score (nSPS) is 11.2. The van der Waals surface area contributed by atoms with Crippen LogP contribution in [-0.4, -0.2) is 44.7 Å². The Hall–Kier alpha value is -3.08. The number of imidazole rings is 1. The van der Waals surface area contributed by atoms with Gasteiger partial charge in [0, 0.05) is 35.9 Å². The number of nitrogens with zero attached hydrogens (tertiary/aromatic N) is 3. The first-order valence-electron chi connectivity index (χ1n) is 9.47. The van der Waals surface area contributed by atoms with Crippen molar-refractivity contribution in [3.63, 3.8) is 0 Å². The summed E-state index contributed by atoms with van der Waals surface area (Å²) in [5.41, 5.74) is 0.934. The zero-order valence-corrected chi connectivity index (χ0v) is 16.6. The molecule has 2 aromatic heterocycles. The van der Waals surface area contributed by atoms with Crippen LogP contribution in [0.5, 0.6) is 5.75 Å². The zero-order chi connectivity index (χ0) is 20.7. The second-order valence-corrected chi connectivity index (χ2v) is 7.20. The Kier molecular flexibility index (Phi) is 6.70. The molecule has 152 valence electrons. The van der Waals surface area contributed by atoms with Crippen molar-refractivity contribution in [3.8, 4) is 17.6 Å². The Morgan fingerprint density at radius 1 is 1.17 bits per heavy atom. The van der Waals surface area contributed by atoms with Crippen molar-refractivity contribution >= 4 is 0 Å². The zero-order valence-electron chi connectivity index (χ0n) is 16.6. The minimum absolute atomic E-state index is 0.146. The smallest absolute Gasteiger partial charge is 0.210 e. The van der Waals surface area contributed by atoms with Crippen molar-refractivity contribution in [3.05, 3.63) is 65.6 Å². The first-order chi connectivity index (χ1) is 14.0. The monoisotopic (exact) mass is 395 g/mol. The van der Waals surface area contributed by atoms with Crippen LogP contribution in [0.25, 0.3) is 0 Å². The fraction of sp³-hybridized carbons (Fsp3) is 0.364. The molecule has 0 aliphatic rings. The van der Waals surface area contributed by atoms with E-state index in [-0.39, 0.29) is 19.8 Å². The molecule has 0 radical (unpaired) electrons. The third kappa shape index (κ3) is 5.47. The van der Waals surface area contributed by atoms with Gasteiger partial charge in [-0.25, -0.2) is 4.98 Å². The maximum atomic E-state index is 9.31. The molecule has 3 aromatic rings. The van der Waals surface area contributed by atoms with E-state index in [9.17, 15) is 10.2 Å². The molecule has 0 saturated heterocycles. The molecular formula is C22H25N3O4. The first-order valence-corrected chi connectivity index (χ1v) is 9.47. The molecule has 0 unspecified atom stereocenters. The average Bonchev–Trinajstić information content (AvgIpc) is 3.40. The molecule has 2 N–H and O–H groups in total. The first kappa shape index (κ1) is 20.6. The van der Waals surface area contributed by atoms with Crippen molar-refractivity contribution in [1.82, 2.24) is 14.7 Å². The topological polar surface area (TPSA) is 93.5 Å². The van der Waals surface area contributed by atoms with Crippen LogP contribution in [0.1, 0.15) is 36.7 Å². The second kappa shape index (κ2) is 9.41. The highest BCUT2D eigenvalue weighted by molar-refractivity contribution is 5.41. The molecule has 3 rings (SSSR count). The lowest BCUT2D eigenvalue weighted by atomic mass is 9.94. The standard InChI is InChI=1S/C22H25N3O4/c1-3-21-23-10-11-25(21)13-18-12-20(29-24-18)9-6-17-4-7-19(8-5-17)28-16-22(2,14-26)15-27/h4-5,7-8,10-12,26-27H,3,13-16H2,1-2H3. The Labute approximate surface area is 170 Å². The van der Waals surface area contributed by atoms with Gasteiger partial charge >= 0.3 is 0 Å². The van der Waals surface area contributed by atoms with Crippen molar-refractivity contribution < 1.29 is 19.5 Å². The van der Waals surface area contributed by atoms with Gasteiger partial charge in [0.2, 0.25) is 5.76 Å². The molecule has 1 aromatic carbocycles. The van der Waals surface area contributed by atoms with Gasteiger partial charge in [0.15, 0.2) is 0 Å². The number of aromatic nitrogens is 3. The van der Waals surface area contributed by atoms with E-state index in [1.807, 2.05) is 29.0 Å². The molecule has 0 amide bonds. The molecule has 0 aliphatic heterocycles. The van der Waals surface area contributed by atoms with Crippen LogP contribution in [0.3, 0.4) is 0 Å². The highest BCUT2D eigenvalue weighted by Crippen LogP contribution is 2.18. The summed E-state index contributed by atoms with van der Waals surface area (Å²) in [5, 5.41) is 22.7. The van der Waals surface area contributed by atoms with Crippen LogP contribution in [0, 0.1) is 17.3 Å². The van der Waals surface area contributed by atoms with E-state index in [1.54, 1.807) is 25.3 Å². The largest absolute Gasteiger partial charge is 0.493 e. The highest BCUT2D eigenvalue weighted by Gasteiger charge is 2.23. The molecule has 0 atom stereocenters. The van der Waals surface area contributed by atoms with Gasteiger partial charge < -0.3 is 24.0 Å². The molecule has 7 nitrogen and oxygen atoms in total. The Morgan fingerprint density at radius 3 is 2.62 bits per heavy atom. The van der Waals surface area contributed by atoms with E-state index in [0.29, 0.717) is 18.1 Å². The van der Waals surface area contributed by atoms with Gasteiger partial charge in [-0.15, -0.1) is 0 Å². The van der Waals surface area contributed by atoms with Gasteiger partial charge in [0.25, 0.3) is 0 Å². The maximum Gasteiger partial charge on any atom is 0.210 e. The van der Waals surface area contributed by atoms with E-state index < -0.39 is 5.41 Å². The van der Waals surface area contributed by atoms with Gasteiger partial charge in [0.05, 0.1) is 26.4 Å². The van der Waals surface area contributed by atoms with Crippen LogP contribution >= 0.6 is 0 Å². The SMILES string of the molecule is CCc1nccn1Cc1cc(C#Cc2ccc(OCC(C)(CO)CO)cc2)on1. The van der Waals surface area contributed by atoms with Crippen molar-refractivity contribution in [2.75, 3.05) is 19.8 Å². The summed E-state index contributed by atoms with van der Waals surface area (Å²) in [6.45, 7) is 4.35. The van der Waals surface area contributed by atoms with E-state index in [1.165, 1.54) is 0 Å². The predicted molar refractivity (Wildman–Crippen MR) is 107 cm³/mol. The Morgan fingerprint density at radius 2 is 1.93 bits per heavy atom. The quantitative estimate of drug-likeness (QED) is 0.568. The number of ether oxygens (including phenoxy) is 1. The van der Waals surface area contributed by atoms with E-state index in [4.69, 9.17) is 9.26 Å². The van der Waals surface area contributed by atoms with Gasteiger partial charge in [-0.2, -0.15) is 0 Å². The number of rotatable bonds is 8. The lowest BCUT2D eigenvalue weighted by Crippen LogP contribution is -2.32. The molecule has 2 heterocycles. The van der Waals surface area contributed by atoms with Crippen molar-refractivity contribution in [2.45, 2.75) is 26.8 Å². The predicted octanol–water partition coefficient (Wildman–Crippen LogP) is 2.25. The summed E-state index contributed by atoms with van der Waals surface area (Å²) in [7, 11) is 0. The van der Waals surface area contributed by atoms with Gasteiger partial charge in [0.1, 0.15) is 17.3 Å². The summed E-state index contributed by atoms with van der Waals surface area (Å²) >= 11 is 0. The minimum Gasteiger partial charge on any atom is -0.493 e. The van der Waals surface area contributed by atoms with Crippen LogP contribution in [0.2, 0.25) is 0 Å². The molecule has 7 heteroatoms. The lowest BCUT2D eigenvalue weighted by molar-refractivity contribution is 0.0287. The second-order valence-electron chi connectivity index (χ2n) is 7.20.